The molecular weight excluding hydrogens is 450 g/mol. The first-order valence-electron chi connectivity index (χ1n) is 10.9. The average Bonchev–Trinajstić information content (AvgIpc) is 3.33. The van der Waals surface area contributed by atoms with E-state index in [0.717, 1.165) is 5.56 Å². The summed E-state index contributed by atoms with van der Waals surface area (Å²) in [5.41, 5.74) is 8.43. The number of aromatic nitrogens is 1. The Morgan fingerprint density at radius 3 is 2.63 bits per heavy atom. The monoisotopic (exact) mass is 473 g/mol. The zero-order valence-corrected chi connectivity index (χ0v) is 19.5. The maximum absolute atomic E-state index is 13.9. The Balaban J connectivity index is 1.67. The summed E-state index contributed by atoms with van der Waals surface area (Å²) in [7, 11) is 3.07. The fraction of sp³-hybridized carbons (Fsp3) is 0.231. The molecule has 0 saturated heterocycles. The molecule has 9 heteroatoms. The summed E-state index contributed by atoms with van der Waals surface area (Å²) in [5, 5.41) is 9.95. The summed E-state index contributed by atoms with van der Waals surface area (Å²) in [5.74, 6) is 1.84. The fourth-order valence-corrected chi connectivity index (χ4v) is 4.47. The molecule has 0 bridgehead atoms. The number of pyridine rings is 1. The van der Waals surface area contributed by atoms with Gasteiger partial charge in [0.15, 0.2) is 11.5 Å². The zero-order valence-electron chi connectivity index (χ0n) is 19.5. The zero-order chi connectivity index (χ0) is 24.7. The molecule has 178 valence electrons. The minimum Gasteiger partial charge on any atom is -0.497 e. The molecule has 9 nitrogen and oxygen atoms in total. The molecule has 1 atom stereocenters. The van der Waals surface area contributed by atoms with Crippen LogP contribution in [0.2, 0.25) is 0 Å². The summed E-state index contributed by atoms with van der Waals surface area (Å²) in [4.78, 5) is 13.9. The smallest absolute Gasteiger partial charge is 0.259 e. The van der Waals surface area contributed by atoms with E-state index in [0.29, 0.717) is 52.1 Å². The number of hydrogen-bond donors (Lipinski definition) is 1. The summed E-state index contributed by atoms with van der Waals surface area (Å²) in [6, 6.07) is 14.7. The molecule has 3 aromatic rings. The molecule has 2 aliphatic heterocycles. The van der Waals surface area contributed by atoms with Crippen LogP contribution in [-0.4, -0.2) is 25.6 Å². The normalized spacial score (nSPS) is 15.8. The van der Waals surface area contributed by atoms with Gasteiger partial charge in [-0.2, -0.15) is 5.26 Å². The van der Waals surface area contributed by atoms with Gasteiger partial charge in [-0.3, -0.25) is 4.79 Å². The highest BCUT2D eigenvalue weighted by atomic mass is 16.7. The van der Waals surface area contributed by atoms with Crippen LogP contribution in [0.1, 0.15) is 28.3 Å². The Morgan fingerprint density at radius 1 is 1.09 bits per heavy atom. The molecule has 0 amide bonds. The van der Waals surface area contributed by atoms with Crippen LogP contribution >= 0.6 is 0 Å². The van der Waals surface area contributed by atoms with E-state index in [1.54, 1.807) is 35.9 Å². The van der Waals surface area contributed by atoms with Gasteiger partial charge in [0.25, 0.3) is 5.56 Å². The molecule has 3 heterocycles. The third-order valence-corrected chi connectivity index (χ3v) is 6.22. The first-order chi connectivity index (χ1) is 16.9. The van der Waals surface area contributed by atoms with E-state index in [1.807, 2.05) is 25.1 Å². The quantitative estimate of drug-likeness (QED) is 0.600. The molecule has 0 spiro atoms. The lowest BCUT2D eigenvalue weighted by Gasteiger charge is -2.28. The predicted octanol–water partition coefficient (Wildman–Crippen LogP) is 3.17. The van der Waals surface area contributed by atoms with Crippen LogP contribution in [0.25, 0.3) is 0 Å². The lowest BCUT2D eigenvalue weighted by Crippen LogP contribution is -2.33. The van der Waals surface area contributed by atoms with Gasteiger partial charge in [-0.05, 0) is 30.7 Å². The number of ether oxygens (including phenoxy) is 5. The van der Waals surface area contributed by atoms with Crippen molar-refractivity contribution in [3.63, 3.8) is 0 Å². The van der Waals surface area contributed by atoms with Crippen molar-refractivity contribution in [2.24, 2.45) is 5.73 Å². The SMILES string of the molecule is COc1ccc(C2C(C#N)=C(N)Oc3cc(C)n(Cc4ccc5c(c4)OCO5)c(=O)c32)c(OC)c1. The Bertz CT molecular complexity index is 1470. The van der Waals surface area contributed by atoms with Gasteiger partial charge in [0.1, 0.15) is 28.9 Å². The number of nitrogens with two attached hydrogens (primary N) is 1. The molecule has 2 N–H and O–H groups in total. The van der Waals surface area contributed by atoms with Crippen LogP contribution in [0, 0.1) is 18.3 Å². The number of fused-ring (bicyclic) bond motifs is 2. The molecule has 1 unspecified atom stereocenters. The summed E-state index contributed by atoms with van der Waals surface area (Å²) in [6.07, 6.45) is 0. The Hall–Kier alpha value is -4.58. The van der Waals surface area contributed by atoms with Crippen molar-refractivity contribution >= 4 is 0 Å². The number of nitriles is 1. The molecule has 0 aliphatic carbocycles. The van der Waals surface area contributed by atoms with E-state index >= 15 is 0 Å². The minimum absolute atomic E-state index is 0.0461. The second-order valence-electron chi connectivity index (χ2n) is 8.18. The van der Waals surface area contributed by atoms with Gasteiger partial charge < -0.3 is 34.0 Å². The molecule has 2 aromatic carbocycles. The van der Waals surface area contributed by atoms with E-state index in [1.165, 1.54) is 7.11 Å². The number of allylic oxidation sites excluding steroid dienone is 1. The molecule has 1 aromatic heterocycles. The van der Waals surface area contributed by atoms with Crippen molar-refractivity contribution in [2.45, 2.75) is 19.4 Å². The van der Waals surface area contributed by atoms with Crippen LogP contribution in [0.15, 0.2) is 58.7 Å². The summed E-state index contributed by atoms with van der Waals surface area (Å²) < 4.78 is 29.1. The summed E-state index contributed by atoms with van der Waals surface area (Å²) >= 11 is 0. The van der Waals surface area contributed by atoms with E-state index in [2.05, 4.69) is 6.07 Å². The lowest BCUT2D eigenvalue weighted by molar-refractivity contribution is 0.174. The molecule has 2 aliphatic rings. The van der Waals surface area contributed by atoms with Crippen molar-refractivity contribution in [1.29, 1.82) is 5.26 Å². The van der Waals surface area contributed by atoms with E-state index in [-0.39, 0.29) is 23.8 Å². The van der Waals surface area contributed by atoms with E-state index in [9.17, 15) is 10.1 Å². The van der Waals surface area contributed by atoms with E-state index in [4.69, 9.17) is 29.4 Å². The highest BCUT2D eigenvalue weighted by molar-refractivity contribution is 5.59. The Morgan fingerprint density at radius 2 is 1.89 bits per heavy atom. The van der Waals surface area contributed by atoms with Crippen LogP contribution in [-0.2, 0) is 6.54 Å². The van der Waals surface area contributed by atoms with Crippen molar-refractivity contribution in [1.82, 2.24) is 4.57 Å². The lowest BCUT2D eigenvalue weighted by atomic mass is 9.83. The predicted molar refractivity (Wildman–Crippen MR) is 126 cm³/mol. The molecule has 5 rings (SSSR count). The Labute approximate surface area is 201 Å². The van der Waals surface area contributed by atoms with Gasteiger partial charge in [0, 0.05) is 23.4 Å². The third kappa shape index (κ3) is 3.69. The third-order valence-electron chi connectivity index (χ3n) is 6.22. The molecule has 0 radical (unpaired) electrons. The van der Waals surface area contributed by atoms with Gasteiger partial charge in [0.2, 0.25) is 12.7 Å². The number of hydrogen-bond acceptors (Lipinski definition) is 8. The number of benzene rings is 2. The van der Waals surface area contributed by atoms with Crippen LogP contribution in [0.4, 0.5) is 0 Å². The van der Waals surface area contributed by atoms with Crippen LogP contribution in [0.3, 0.4) is 0 Å². The highest BCUT2D eigenvalue weighted by Crippen LogP contribution is 2.44. The summed E-state index contributed by atoms with van der Waals surface area (Å²) in [6.45, 7) is 2.28. The van der Waals surface area contributed by atoms with Crippen LogP contribution in [0.5, 0.6) is 28.7 Å². The number of nitrogens with zero attached hydrogens (tertiary/aromatic N) is 2. The maximum atomic E-state index is 13.9. The van der Waals surface area contributed by atoms with Gasteiger partial charge >= 0.3 is 0 Å². The second-order valence-corrected chi connectivity index (χ2v) is 8.18. The maximum Gasteiger partial charge on any atom is 0.259 e. The molecule has 0 saturated carbocycles. The van der Waals surface area contributed by atoms with Gasteiger partial charge in [-0.1, -0.05) is 12.1 Å². The van der Waals surface area contributed by atoms with Gasteiger partial charge in [0.05, 0.1) is 32.2 Å². The topological polar surface area (TPSA) is 118 Å². The number of methoxy groups -OCH3 is 2. The standard InChI is InChI=1S/C26H23N3O6/c1-14-8-22-24(26(30)29(14)12-15-4-7-19-21(9-15)34-13-33-19)23(18(11-27)25(28)35-22)17-6-5-16(31-2)10-20(17)32-3/h4-10,23H,12-13,28H2,1-3H3. The molecule has 0 fully saturated rings. The first kappa shape index (κ1) is 22.2. The van der Waals surface area contributed by atoms with Crippen molar-refractivity contribution in [3.05, 3.63) is 86.7 Å². The van der Waals surface area contributed by atoms with Crippen molar-refractivity contribution in [3.8, 4) is 34.8 Å². The molecular formula is C26H23N3O6. The van der Waals surface area contributed by atoms with Gasteiger partial charge in [-0.15, -0.1) is 0 Å². The van der Waals surface area contributed by atoms with E-state index < -0.39 is 5.92 Å². The number of rotatable bonds is 5. The molecule has 35 heavy (non-hydrogen) atoms. The van der Waals surface area contributed by atoms with Gasteiger partial charge in [-0.25, -0.2) is 0 Å². The number of aryl methyl sites for hydroxylation is 1. The first-order valence-corrected chi connectivity index (χ1v) is 10.9. The largest absolute Gasteiger partial charge is 0.497 e. The second kappa shape index (κ2) is 8.65. The Kier molecular flexibility index (Phi) is 5.49. The van der Waals surface area contributed by atoms with Crippen molar-refractivity contribution < 1.29 is 23.7 Å². The average molecular weight is 473 g/mol. The van der Waals surface area contributed by atoms with Crippen LogP contribution < -0.4 is 35.0 Å². The fourth-order valence-electron chi connectivity index (χ4n) is 4.47. The highest BCUT2D eigenvalue weighted by Gasteiger charge is 2.36. The van der Waals surface area contributed by atoms with Crippen molar-refractivity contribution in [2.75, 3.05) is 21.0 Å². The minimum atomic E-state index is -0.777.